The fraction of sp³-hybridized carbons (Fsp3) is 0.143. The minimum Gasteiger partial charge on any atom is -0.339 e. The molecule has 0 aliphatic heterocycles. The number of rotatable bonds is 4. The van der Waals surface area contributed by atoms with Gasteiger partial charge < -0.3 is 5.32 Å². The number of Topliss-reactive ketones (excluding diaryl/α,β-unsaturated/α-hetero) is 1. The van der Waals surface area contributed by atoms with Crippen molar-refractivity contribution < 1.29 is 9.72 Å². The summed E-state index contributed by atoms with van der Waals surface area (Å²) in [7, 11) is 0. The summed E-state index contributed by atoms with van der Waals surface area (Å²) in [6.07, 6.45) is 1.58. The second-order valence-corrected chi connectivity index (χ2v) is 4.34. The van der Waals surface area contributed by atoms with Gasteiger partial charge in [0.15, 0.2) is 5.78 Å². The molecule has 0 saturated heterocycles. The van der Waals surface area contributed by atoms with Gasteiger partial charge in [-0.15, -0.1) is 0 Å². The summed E-state index contributed by atoms with van der Waals surface area (Å²) >= 11 is 0. The van der Waals surface area contributed by atoms with Crippen LogP contribution < -0.4 is 5.32 Å². The first-order valence-electron chi connectivity index (χ1n) is 5.97. The zero-order valence-corrected chi connectivity index (χ0v) is 11.1. The quantitative estimate of drug-likeness (QED) is 0.524. The van der Waals surface area contributed by atoms with Crippen LogP contribution >= 0.6 is 0 Å². The molecule has 0 bridgehead atoms. The van der Waals surface area contributed by atoms with Crippen LogP contribution in [0.1, 0.15) is 22.8 Å². The van der Waals surface area contributed by atoms with E-state index in [0.717, 1.165) is 0 Å². The molecule has 0 aliphatic carbocycles. The van der Waals surface area contributed by atoms with Crippen molar-refractivity contribution in [2.75, 3.05) is 5.32 Å². The predicted octanol–water partition coefficient (Wildman–Crippen LogP) is 3.24. The first kappa shape index (κ1) is 13.7. The Morgan fingerprint density at radius 1 is 1.35 bits per heavy atom. The van der Waals surface area contributed by atoms with E-state index >= 15 is 0 Å². The molecule has 1 N–H and O–H groups in total. The fourth-order valence-corrected chi connectivity index (χ4v) is 1.82. The van der Waals surface area contributed by atoms with Crippen molar-refractivity contribution in [1.82, 2.24) is 4.98 Å². The van der Waals surface area contributed by atoms with Crippen LogP contribution in [0.25, 0.3) is 0 Å². The smallest absolute Gasteiger partial charge is 0.269 e. The summed E-state index contributed by atoms with van der Waals surface area (Å²) in [5.41, 5.74) is 1.89. The van der Waals surface area contributed by atoms with Crippen LogP contribution in [-0.4, -0.2) is 15.7 Å². The molecule has 2 rings (SSSR count). The molecule has 102 valence electrons. The van der Waals surface area contributed by atoms with E-state index in [1.54, 1.807) is 31.3 Å². The number of nitro groups is 1. The Morgan fingerprint density at radius 2 is 2.10 bits per heavy atom. The average Bonchev–Trinajstić information content (AvgIpc) is 2.41. The number of nitrogens with zero attached hydrogens (tertiary/aromatic N) is 2. The van der Waals surface area contributed by atoms with Gasteiger partial charge in [0.2, 0.25) is 0 Å². The van der Waals surface area contributed by atoms with Crippen LogP contribution in [0.15, 0.2) is 36.5 Å². The maximum absolute atomic E-state index is 11.5. The van der Waals surface area contributed by atoms with Gasteiger partial charge in [0.05, 0.1) is 10.5 Å². The Labute approximate surface area is 115 Å². The maximum atomic E-state index is 11.5. The Balaban J connectivity index is 2.36. The number of nitrogens with one attached hydrogen (secondary N) is 1. The highest BCUT2D eigenvalue weighted by molar-refractivity contribution is 5.99. The van der Waals surface area contributed by atoms with E-state index < -0.39 is 4.92 Å². The highest BCUT2D eigenvalue weighted by Gasteiger charge is 2.11. The van der Waals surface area contributed by atoms with Crippen LogP contribution in [0.2, 0.25) is 0 Å². The number of benzene rings is 1. The third-order valence-electron chi connectivity index (χ3n) is 2.86. The number of anilines is 2. The number of nitro benzene ring substituents is 1. The monoisotopic (exact) mass is 271 g/mol. The Morgan fingerprint density at radius 3 is 2.70 bits per heavy atom. The second-order valence-electron chi connectivity index (χ2n) is 4.34. The van der Waals surface area contributed by atoms with Crippen molar-refractivity contribution >= 4 is 23.0 Å². The number of ketones is 1. The average molecular weight is 271 g/mol. The molecule has 1 heterocycles. The molecule has 0 radical (unpaired) electrons. The van der Waals surface area contributed by atoms with Crippen LogP contribution in [0.4, 0.5) is 17.2 Å². The van der Waals surface area contributed by atoms with E-state index in [9.17, 15) is 14.9 Å². The van der Waals surface area contributed by atoms with E-state index in [1.807, 2.05) is 0 Å². The van der Waals surface area contributed by atoms with E-state index in [0.29, 0.717) is 22.6 Å². The van der Waals surface area contributed by atoms with Crippen molar-refractivity contribution in [3.05, 3.63) is 57.8 Å². The molecule has 6 heteroatoms. The Hall–Kier alpha value is -2.76. The third-order valence-corrected chi connectivity index (χ3v) is 2.86. The zero-order valence-electron chi connectivity index (χ0n) is 11.1. The summed E-state index contributed by atoms with van der Waals surface area (Å²) in [4.78, 5) is 25.9. The van der Waals surface area contributed by atoms with Crippen LogP contribution in [-0.2, 0) is 0 Å². The number of pyridine rings is 1. The lowest BCUT2D eigenvalue weighted by molar-refractivity contribution is -0.384. The lowest BCUT2D eigenvalue weighted by Gasteiger charge is -2.11. The summed E-state index contributed by atoms with van der Waals surface area (Å²) in [6, 6.07) is 7.85. The van der Waals surface area contributed by atoms with Gasteiger partial charge in [-0.25, -0.2) is 4.98 Å². The van der Waals surface area contributed by atoms with Crippen LogP contribution in [0, 0.1) is 17.0 Å². The van der Waals surface area contributed by atoms with Gasteiger partial charge in [-0.1, -0.05) is 0 Å². The topological polar surface area (TPSA) is 85.1 Å². The molecule has 0 atom stereocenters. The largest absolute Gasteiger partial charge is 0.339 e. The lowest BCUT2D eigenvalue weighted by Crippen LogP contribution is -2.03. The van der Waals surface area contributed by atoms with Gasteiger partial charge in [-0.3, -0.25) is 14.9 Å². The highest BCUT2D eigenvalue weighted by Crippen LogP contribution is 2.25. The summed E-state index contributed by atoms with van der Waals surface area (Å²) in [5, 5.41) is 13.7. The number of carbonyl (C=O) groups excluding carboxylic acids is 1. The first-order valence-corrected chi connectivity index (χ1v) is 5.97. The number of hydrogen-bond donors (Lipinski definition) is 1. The molecule has 0 aliphatic rings. The van der Waals surface area contributed by atoms with Gasteiger partial charge in [0.25, 0.3) is 5.69 Å². The predicted molar refractivity (Wildman–Crippen MR) is 75.4 cm³/mol. The SMILES string of the molecule is CC(=O)c1cccnc1Nc1ccc([N+](=O)[O-])cc1C. The molecular weight excluding hydrogens is 258 g/mol. The van der Waals surface area contributed by atoms with Crippen molar-refractivity contribution in [3.63, 3.8) is 0 Å². The standard InChI is InChI=1S/C14H13N3O3/c1-9-8-11(17(19)20)5-6-13(9)16-14-12(10(2)18)4-3-7-15-14/h3-8H,1-2H3,(H,15,16). The van der Waals surface area contributed by atoms with Gasteiger partial charge in [-0.2, -0.15) is 0 Å². The van der Waals surface area contributed by atoms with E-state index in [2.05, 4.69) is 10.3 Å². The number of hydrogen-bond acceptors (Lipinski definition) is 5. The molecule has 1 aromatic carbocycles. The molecule has 0 fully saturated rings. The van der Waals surface area contributed by atoms with E-state index in [4.69, 9.17) is 0 Å². The normalized spacial score (nSPS) is 10.1. The van der Waals surface area contributed by atoms with Crippen molar-refractivity contribution in [2.45, 2.75) is 13.8 Å². The molecule has 20 heavy (non-hydrogen) atoms. The summed E-state index contributed by atoms with van der Waals surface area (Å²) in [6.45, 7) is 3.22. The van der Waals surface area contributed by atoms with Gasteiger partial charge >= 0.3 is 0 Å². The molecule has 1 aromatic heterocycles. The highest BCUT2D eigenvalue weighted by atomic mass is 16.6. The number of non-ortho nitro benzene ring substituents is 1. The van der Waals surface area contributed by atoms with Gasteiger partial charge in [-0.05, 0) is 37.6 Å². The van der Waals surface area contributed by atoms with Crippen molar-refractivity contribution in [2.24, 2.45) is 0 Å². The molecule has 0 saturated carbocycles. The lowest BCUT2D eigenvalue weighted by atomic mass is 10.1. The van der Waals surface area contributed by atoms with Crippen LogP contribution in [0.3, 0.4) is 0 Å². The zero-order chi connectivity index (χ0) is 14.7. The minimum absolute atomic E-state index is 0.0286. The summed E-state index contributed by atoms with van der Waals surface area (Å²) in [5.74, 6) is 0.345. The molecular formula is C14H13N3O3. The molecule has 6 nitrogen and oxygen atoms in total. The molecule has 0 spiro atoms. The maximum Gasteiger partial charge on any atom is 0.269 e. The molecule has 0 unspecified atom stereocenters. The third kappa shape index (κ3) is 2.80. The van der Waals surface area contributed by atoms with Gasteiger partial charge in [0.1, 0.15) is 5.82 Å². The second kappa shape index (κ2) is 5.48. The number of aromatic nitrogens is 1. The van der Waals surface area contributed by atoms with Crippen molar-refractivity contribution in [3.8, 4) is 0 Å². The van der Waals surface area contributed by atoms with E-state index in [1.165, 1.54) is 19.1 Å². The Bertz CT molecular complexity index is 683. The minimum atomic E-state index is -0.446. The Kier molecular flexibility index (Phi) is 3.74. The van der Waals surface area contributed by atoms with E-state index in [-0.39, 0.29) is 11.5 Å². The first-order chi connectivity index (χ1) is 9.49. The summed E-state index contributed by atoms with van der Waals surface area (Å²) < 4.78 is 0. The number of aryl methyl sites for hydroxylation is 1. The fourth-order valence-electron chi connectivity index (χ4n) is 1.82. The molecule has 2 aromatic rings. The number of carbonyl (C=O) groups is 1. The van der Waals surface area contributed by atoms with Gasteiger partial charge in [0, 0.05) is 24.0 Å². The van der Waals surface area contributed by atoms with Crippen LogP contribution in [0.5, 0.6) is 0 Å². The van der Waals surface area contributed by atoms with Crippen molar-refractivity contribution in [1.29, 1.82) is 0 Å². The molecule has 0 amide bonds.